The second-order valence-corrected chi connectivity index (χ2v) is 5.36. The van der Waals surface area contributed by atoms with Crippen molar-refractivity contribution in [1.82, 2.24) is 0 Å². The Kier molecular flexibility index (Phi) is 3.65. The first-order chi connectivity index (χ1) is 8.57. The maximum absolute atomic E-state index is 13.2. The highest BCUT2D eigenvalue weighted by atomic mass is 19.1. The van der Waals surface area contributed by atoms with Gasteiger partial charge >= 0.3 is 0 Å². The summed E-state index contributed by atoms with van der Waals surface area (Å²) < 4.78 is 26.3. The Morgan fingerprint density at radius 2 is 2.00 bits per heavy atom. The van der Waals surface area contributed by atoms with Crippen LogP contribution in [0.4, 0.5) is 8.78 Å². The Bertz CT molecular complexity index is 458. The van der Waals surface area contributed by atoms with Gasteiger partial charge in [-0.25, -0.2) is 8.78 Å². The molecule has 0 aromatic heterocycles. The van der Waals surface area contributed by atoms with Crippen LogP contribution >= 0.6 is 0 Å². The fraction of sp³-hybridized carbons (Fsp3) is 0.533. The zero-order valence-electron chi connectivity index (χ0n) is 10.5. The Labute approximate surface area is 106 Å². The fourth-order valence-corrected chi connectivity index (χ4v) is 2.99. The molecule has 1 nitrogen and oxygen atoms in total. The van der Waals surface area contributed by atoms with E-state index < -0.39 is 17.0 Å². The van der Waals surface area contributed by atoms with Crippen LogP contribution in [0.3, 0.4) is 0 Å². The number of hydrogen-bond acceptors (Lipinski definition) is 1. The summed E-state index contributed by atoms with van der Waals surface area (Å²) in [5.41, 5.74) is 0.159. The fourth-order valence-electron chi connectivity index (χ4n) is 2.99. The number of nitrogens with zero attached hydrogens (tertiary/aromatic N) is 1. The van der Waals surface area contributed by atoms with Gasteiger partial charge in [0.1, 0.15) is 11.6 Å². The minimum Gasteiger partial charge on any atom is -0.207 e. The third kappa shape index (κ3) is 2.69. The molecule has 0 bridgehead atoms. The molecular formula is C15H17F2N. The van der Waals surface area contributed by atoms with Gasteiger partial charge in [-0.05, 0) is 49.3 Å². The summed E-state index contributed by atoms with van der Waals surface area (Å²) in [7, 11) is 0. The Morgan fingerprint density at radius 3 is 2.50 bits per heavy atom. The Hall–Kier alpha value is -1.43. The minimum absolute atomic E-state index is 0.430. The highest BCUT2D eigenvalue weighted by molar-refractivity contribution is 5.22. The van der Waals surface area contributed by atoms with E-state index in [1.165, 1.54) is 12.1 Å². The van der Waals surface area contributed by atoms with Gasteiger partial charge in [0.25, 0.3) is 0 Å². The van der Waals surface area contributed by atoms with Crippen molar-refractivity contribution in [1.29, 1.82) is 5.26 Å². The van der Waals surface area contributed by atoms with Crippen LogP contribution in [-0.2, 0) is 6.42 Å². The first-order valence-corrected chi connectivity index (χ1v) is 6.43. The molecule has 2 unspecified atom stereocenters. The van der Waals surface area contributed by atoms with Crippen LogP contribution in [0.25, 0.3) is 0 Å². The molecule has 0 spiro atoms. The molecule has 0 saturated heterocycles. The summed E-state index contributed by atoms with van der Waals surface area (Å²) in [6.45, 7) is 2.12. The van der Waals surface area contributed by atoms with Crippen LogP contribution in [0.5, 0.6) is 0 Å². The van der Waals surface area contributed by atoms with Gasteiger partial charge in [-0.3, -0.25) is 0 Å². The van der Waals surface area contributed by atoms with Gasteiger partial charge < -0.3 is 0 Å². The number of benzene rings is 1. The molecule has 18 heavy (non-hydrogen) atoms. The van der Waals surface area contributed by atoms with Crippen LogP contribution in [0, 0.1) is 34.3 Å². The predicted molar refractivity (Wildman–Crippen MR) is 65.7 cm³/mol. The van der Waals surface area contributed by atoms with E-state index in [0.717, 1.165) is 31.7 Å². The number of nitriles is 1. The second-order valence-electron chi connectivity index (χ2n) is 5.36. The van der Waals surface area contributed by atoms with Crippen molar-refractivity contribution in [2.45, 2.75) is 39.0 Å². The summed E-state index contributed by atoms with van der Waals surface area (Å²) in [5.74, 6) is -0.561. The molecule has 1 aromatic rings. The highest BCUT2D eigenvalue weighted by Gasteiger charge is 2.38. The molecule has 96 valence electrons. The van der Waals surface area contributed by atoms with E-state index in [0.29, 0.717) is 17.9 Å². The SMILES string of the molecule is CCC1CCC(C#N)(Cc2cc(F)cc(F)c2)C1. The van der Waals surface area contributed by atoms with Crippen molar-refractivity contribution < 1.29 is 8.78 Å². The van der Waals surface area contributed by atoms with Crippen LogP contribution in [0.15, 0.2) is 18.2 Å². The van der Waals surface area contributed by atoms with Gasteiger partial charge in [0, 0.05) is 6.07 Å². The van der Waals surface area contributed by atoms with Crippen LogP contribution < -0.4 is 0 Å². The molecule has 3 heteroatoms. The van der Waals surface area contributed by atoms with Crippen LogP contribution in [-0.4, -0.2) is 0 Å². The van der Waals surface area contributed by atoms with E-state index in [1.54, 1.807) is 0 Å². The number of hydrogen-bond donors (Lipinski definition) is 0. The molecule has 2 rings (SSSR count). The Morgan fingerprint density at radius 1 is 1.33 bits per heavy atom. The van der Waals surface area contributed by atoms with E-state index in [2.05, 4.69) is 13.0 Å². The maximum Gasteiger partial charge on any atom is 0.126 e. The topological polar surface area (TPSA) is 23.8 Å². The molecule has 1 saturated carbocycles. The summed E-state index contributed by atoms with van der Waals surface area (Å²) in [6.07, 6.45) is 4.25. The first-order valence-electron chi connectivity index (χ1n) is 6.43. The van der Waals surface area contributed by atoms with Crippen molar-refractivity contribution in [3.05, 3.63) is 35.4 Å². The number of halogens is 2. The summed E-state index contributed by atoms with van der Waals surface area (Å²) in [5, 5.41) is 9.39. The molecule has 1 aliphatic rings. The first kappa shape index (κ1) is 13.0. The lowest BCUT2D eigenvalue weighted by atomic mass is 9.80. The summed E-state index contributed by atoms with van der Waals surface area (Å²) in [4.78, 5) is 0. The zero-order valence-corrected chi connectivity index (χ0v) is 10.5. The predicted octanol–water partition coefficient (Wildman–Crippen LogP) is 4.23. The minimum atomic E-state index is -0.567. The van der Waals surface area contributed by atoms with Gasteiger partial charge in [0.2, 0.25) is 0 Å². The average molecular weight is 249 g/mol. The molecule has 1 fully saturated rings. The van der Waals surface area contributed by atoms with Crippen LogP contribution in [0.1, 0.15) is 38.2 Å². The van der Waals surface area contributed by atoms with Crippen molar-refractivity contribution in [3.63, 3.8) is 0 Å². The second kappa shape index (κ2) is 5.06. The van der Waals surface area contributed by atoms with Gasteiger partial charge in [-0.2, -0.15) is 5.26 Å². The molecule has 0 N–H and O–H groups in total. The highest BCUT2D eigenvalue weighted by Crippen LogP contribution is 2.45. The molecule has 0 aliphatic heterocycles. The lowest BCUT2D eigenvalue weighted by molar-refractivity contribution is 0.379. The van der Waals surface area contributed by atoms with Crippen molar-refractivity contribution in [2.24, 2.45) is 11.3 Å². The smallest absolute Gasteiger partial charge is 0.126 e. The molecular weight excluding hydrogens is 232 g/mol. The maximum atomic E-state index is 13.2. The number of rotatable bonds is 3. The molecule has 0 radical (unpaired) electrons. The standard InChI is InChI=1S/C15H17F2N/c1-2-11-3-4-15(8-11,10-18)9-12-5-13(16)7-14(17)6-12/h5-7,11H,2-4,8-9H2,1H3. The van der Waals surface area contributed by atoms with Gasteiger partial charge in [0.15, 0.2) is 0 Å². The van der Waals surface area contributed by atoms with E-state index >= 15 is 0 Å². The van der Waals surface area contributed by atoms with Crippen molar-refractivity contribution in [3.8, 4) is 6.07 Å². The Balaban J connectivity index is 2.19. The van der Waals surface area contributed by atoms with Crippen LogP contribution in [0.2, 0.25) is 0 Å². The third-order valence-corrected chi connectivity index (χ3v) is 3.99. The summed E-state index contributed by atoms with van der Waals surface area (Å²) in [6, 6.07) is 5.92. The van der Waals surface area contributed by atoms with Gasteiger partial charge in [-0.15, -0.1) is 0 Å². The van der Waals surface area contributed by atoms with Crippen molar-refractivity contribution >= 4 is 0 Å². The quantitative estimate of drug-likeness (QED) is 0.786. The van der Waals surface area contributed by atoms with Gasteiger partial charge in [-0.1, -0.05) is 13.3 Å². The largest absolute Gasteiger partial charge is 0.207 e. The lowest BCUT2D eigenvalue weighted by Gasteiger charge is -2.21. The van der Waals surface area contributed by atoms with E-state index in [4.69, 9.17) is 0 Å². The van der Waals surface area contributed by atoms with E-state index in [1.807, 2.05) is 0 Å². The van der Waals surface area contributed by atoms with E-state index in [9.17, 15) is 14.0 Å². The molecule has 2 atom stereocenters. The van der Waals surface area contributed by atoms with Crippen molar-refractivity contribution in [2.75, 3.05) is 0 Å². The summed E-state index contributed by atoms with van der Waals surface area (Å²) >= 11 is 0. The zero-order chi connectivity index (χ0) is 13.2. The molecule has 0 heterocycles. The van der Waals surface area contributed by atoms with E-state index in [-0.39, 0.29) is 0 Å². The molecule has 0 amide bonds. The normalized spacial score (nSPS) is 27.1. The molecule has 1 aromatic carbocycles. The molecule has 1 aliphatic carbocycles. The van der Waals surface area contributed by atoms with Gasteiger partial charge in [0.05, 0.1) is 11.5 Å². The average Bonchev–Trinajstić information content (AvgIpc) is 2.72. The monoisotopic (exact) mass is 249 g/mol. The lowest BCUT2D eigenvalue weighted by Crippen LogP contribution is -2.18. The third-order valence-electron chi connectivity index (χ3n) is 3.99.